The van der Waals surface area contributed by atoms with E-state index in [0.29, 0.717) is 0 Å². The summed E-state index contributed by atoms with van der Waals surface area (Å²) in [6.45, 7) is 0. The zero-order valence-electron chi connectivity index (χ0n) is 29.1. The third-order valence-electron chi connectivity index (χ3n) is 11.4. The summed E-state index contributed by atoms with van der Waals surface area (Å²) in [5.41, 5.74) is 7.70. The molecule has 0 radical (unpaired) electrons. The number of benzene rings is 10. The highest BCUT2D eigenvalue weighted by Crippen LogP contribution is 2.50. The van der Waals surface area contributed by atoms with E-state index in [0.717, 1.165) is 0 Å². The van der Waals surface area contributed by atoms with Crippen LogP contribution in [-0.2, 0) is 0 Å². The molecule has 0 aliphatic rings. The van der Waals surface area contributed by atoms with Crippen LogP contribution in [0.1, 0.15) is 0 Å². The first-order chi connectivity index (χ1) is 26.8. The molecule has 250 valence electrons. The number of rotatable bonds is 3. The summed E-state index contributed by atoms with van der Waals surface area (Å²) >= 11 is 3.77. The molecule has 0 saturated heterocycles. The van der Waals surface area contributed by atoms with Gasteiger partial charge in [-0.3, -0.25) is 0 Å². The fraction of sp³-hybridized carbons (Fsp3) is 0. The van der Waals surface area contributed by atoms with E-state index in [9.17, 15) is 0 Å². The number of thiophene rings is 2. The summed E-state index contributed by atoms with van der Waals surface area (Å²) in [5, 5.41) is 15.5. The third-order valence-corrected chi connectivity index (χ3v) is 13.7. The quantitative estimate of drug-likeness (QED) is 0.160. The lowest BCUT2D eigenvalue weighted by Crippen LogP contribution is -1.93. The minimum atomic E-state index is 1.26. The Morgan fingerprint density at radius 1 is 0.241 bits per heavy atom. The highest BCUT2D eigenvalue weighted by molar-refractivity contribution is 7.26. The van der Waals surface area contributed by atoms with Gasteiger partial charge in [0.1, 0.15) is 0 Å². The van der Waals surface area contributed by atoms with Crippen LogP contribution in [0.4, 0.5) is 0 Å². The molecule has 0 nitrogen and oxygen atoms in total. The van der Waals surface area contributed by atoms with E-state index in [-0.39, 0.29) is 0 Å². The highest BCUT2D eigenvalue weighted by atomic mass is 32.1. The molecular formula is C52H30S2. The lowest BCUT2D eigenvalue weighted by atomic mass is 9.82. The standard InChI is InChI=1S/C52H30S2/c1-3-15-33-31(13-1)29-32-14-2-4-16-34(32)51(33)52-39-21-9-19-35(37-23-11-27-47-49(37)41-17-5-7-25-45(41)53-47)43(39)30-44-36(20-10-22-40(44)52)38-24-12-28-48-50(38)42-18-6-8-26-46(42)54-48/h1-30H. The van der Waals surface area contributed by atoms with E-state index in [1.54, 1.807) is 0 Å². The van der Waals surface area contributed by atoms with Gasteiger partial charge in [-0.25, -0.2) is 0 Å². The van der Waals surface area contributed by atoms with Crippen LogP contribution in [0.2, 0.25) is 0 Å². The maximum Gasteiger partial charge on any atom is 0.0361 e. The Hall–Kier alpha value is -6.32. The Balaban J connectivity index is 1.29. The van der Waals surface area contributed by atoms with Gasteiger partial charge in [0.15, 0.2) is 0 Å². The molecule has 0 bridgehead atoms. The van der Waals surface area contributed by atoms with Crippen molar-refractivity contribution < 1.29 is 0 Å². The van der Waals surface area contributed by atoms with Gasteiger partial charge in [0.2, 0.25) is 0 Å². The van der Waals surface area contributed by atoms with Gasteiger partial charge in [0.25, 0.3) is 0 Å². The Kier molecular flexibility index (Phi) is 6.48. The minimum absolute atomic E-state index is 1.26. The second-order valence-electron chi connectivity index (χ2n) is 14.3. The van der Waals surface area contributed by atoms with Gasteiger partial charge >= 0.3 is 0 Å². The van der Waals surface area contributed by atoms with Crippen molar-refractivity contribution in [1.29, 1.82) is 0 Å². The maximum atomic E-state index is 2.51. The topological polar surface area (TPSA) is 0 Å². The van der Waals surface area contributed by atoms with Crippen LogP contribution in [-0.4, -0.2) is 0 Å². The Morgan fingerprint density at radius 2 is 0.611 bits per heavy atom. The zero-order valence-corrected chi connectivity index (χ0v) is 30.8. The van der Waals surface area contributed by atoms with Crippen LogP contribution in [0.15, 0.2) is 182 Å². The minimum Gasteiger partial charge on any atom is -0.135 e. The molecule has 54 heavy (non-hydrogen) atoms. The van der Waals surface area contributed by atoms with Gasteiger partial charge in [-0.15, -0.1) is 22.7 Å². The average molecular weight is 719 g/mol. The SMILES string of the molecule is c1ccc2c(-c3c4cccc(-c5cccc6sc7ccccc7c56)c4cc4c(-c5cccc6sc7ccccc7c56)cccc34)c3ccccc3cc2c1. The predicted octanol–water partition coefficient (Wildman–Crippen LogP) is 16.0. The van der Waals surface area contributed by atoms with Crippen molar-refractivity contribution in [3.05, 3.63) is 182 Å². The lowest BCUT2D eigenvalue weighted by Gasteiger charge is -2.20. The molecule has 0 atom stereocenters. The van der Waals surface area contributed by atoms with Crippen molar-refractivity contribution in [1.82, 2.24) is 0 Å². The van der Waals surface area contributed by atoms with Crippen LogP contribution >= 0.6 is 22.7 Å². The van der Waals surface area contributed by atoms with E-state index in [1.165, 1.54) is 117 Å². The van der Waals surface area contributed by atoms with Crippen molar-refractivity contribution in [3.63, 3.8) is 0 Å². The largest absolute Gasteiger partial charge is 0.135 e. The van der Waals surface area contributed by atoms with Gasteiger partial charge in [-0.2, -0.15) is 0 Å². The van der Waals surface area contributed by atoms with Gasteiger partial charge < -0.3 is 0 Å². The molecule has 2 heterocycles. The van der Waals surface area contributed by atoms with Crippen molar-refractivity contribution in [3.8, 4) is 33.4 Å². The van der Waals surface area contributed by atoms with E-state index in [2.05, 4.69) is 182 Å². The zero-order chi connectivity index (χ0) is 35.3. The number of hydrogen-bond donors (Lipinski definition) is 0. The monoisotopic (exact) mass is 718 g/mol. The molecule has 0 aliphatic carbocycles. The summed E-state index contributed by atoms with van der Waals surface area (Å²) in [4.78, 5) is 0. The van der Waals surface area contributed by atoms with Crippen LogP contribution in [0.25, 0.3) is 117 Å². The van der Waals surface area contributed by atoms with Gasteiger partial charge in [0, 0.05) is 40.3 Å². The first-order valence-electron chi connectivity index (χ1n) is 18.5. The fourth-order valence-corrected chi connectivity index (χ4v) is 11.5. The molecule has 10 aromatic carbocycles. The van der Waals surface area contributed by atoms with Crippen LogP contribution < -0.4 is 0 Å². The normalized spacial score (nSPS) is 12.1. The molecular weight excluding hydrogens is 689 g/mol. The molecule has 0 saturated carbocycles. The van der Waals surface area contributed by atoms with Crippen molar-refractivity contribution in [2.75, 3.05) is 0 Å². The van der Waals surface area contributed by atoms with Crippen LogP contribution in [0, 0.1) is 0 Å². The molecule has 2 heteroatoms. The van der Waals surface area contributed by atoms with Gasteiger partial charge in [-0.05, 0) is 113 Å². The number of fused-ring (bicyclic) bond motifs is 10. The Bertz CT molecular complexity index is 3280. The number of hydrogen-bond acceptors (Lipinski definition) is 2. The first-order valence-corrected chi connectivity index (χ1v) is 20.1. The molecule has 0 aliphatic heterocycles. The highest BCUT2D eigenvalue weighted by Gasteiger charge is 2.22. The van der Waals surface area contributed by atoms with Crippen LogP contribution in [0.5, 0.6) is 0 Å². The Labute approximate surface area is 319 Å². The second kappa shape index (κ2) is 11.6. The summed E-state index contributed by atoms with van der Waals surface area (Å²) in [6, 6.07) is 68.1. The third kappa shape index (κ3) is 4.30. The maximum absolute atomic E-state index is 2.51. The lowest BCUT2D eigenvalue weighted by molar-refractivity contribution is 1.69. The van der Waals surface area contributed by atoms with Crippen molar-refractivity contribution >= 4 is 106 Å². The summed E-state index contributed by atoms with van der Waals surface area (Å²) < 4.78 is 5.30. The summed E-state index contributed by atoms with van der Waals surface area (Å²) in [6.07, 6.45) is 0. The molecule has 0 amide bonds. The fourth-order valence-electron chi connectivity index (χ4n) is 9.19. The first kappa shape index (κ1) is 30.2. The van der Waals surface area contributed by atoms with Gasteiger partial charge in [0.05, 0.1) is 0 Å². The predicted molar refractivity (Wildman–Crippen MR) is 239 cm³/mol. The van der Waals surface area contributed by atoms with Crippen LogP contribution in [0.3, 0.4) is 0 Å². The molecule has 0 spiro atoms. The molecule has 12 rings (SSSR count). The van der Waals surface area contributed by atoms with Gasteiger partial charge in [-0.1, -0.05) is 146 Å². The van der Waals surface area contributed by atoms with E-state index in [1.807, 2.05) is 22.7 Å². The van der Waals surface area contributed by atoms with E-state index in [4.69, 9.17) is 0 Å². The average Bonchev–Trinajstić information content (AvgIpc) is 3.81. The Morgan fingerprint density at radius 3 is 1.13 bits per heavy atom. The van der Waals surface area contributed by atoms with E-state index >= 15 is 0 Å². The molecule has 0 N–H and O–H groups in total. The molecule has 2 aromatic heterocycles. The molecule has 0 fully saturated rings. The summed E-state index contributed by atoms with van der Waals surface area (Å²) in [7, 11) is 0. The molecule has 0 unspecified atom stereocenters. The summed E-state index contributed by atoms with van der Waals surface area (Å²) in [5.74, 6) is 0. The second-order valence-corrected chi connectivity index (χ2v) is 16.5. The van der Waals surface area contributed by atoms with E-state index < -0.39 is 0 Å². The van der Waals surface area contributed by atoms with Crippen molar-refractivity contribution in [2.24, 2.45) is 0 Å². The molecule has 12 aromatic rings. The van der Waals surface area contributed by atoms with Crippen molar-refractivity contribution in [2.45, 2.75) is 0 Å². The smallest absolute Gasteiger partial charge is 0.0361 e.